The molecule has 0 aromatic heterocycles. The topological polar surface area (TPSA) is 29.5 Å². The summed E-state index contributed by atoms with van der Waals surface area (Å²) >= 11 is 0. The van der Waals surface area contributed by atoms with E-state index in [9.17, 15) is 5.11 Å². The molecular weight excluding hydrogens is 248 g/mol. The molecule has 1 aliphatic rings. The van der Waals surface area contributed by atoms with Gasteiger partial charge in [-0.2, -0.15) is 0 Å². The van der Waals surface area contributed by atoms with Crippen molar-refractivity contribution in [3.63, 3.8) is 0 Å². The van der Waals surface area contributed by atoms with Gasteiger partial charge in [0, 0.05) is 12.8 Å². The predicted octanol–water partition coefficient (Wildman–Crippen LogP) is 3.46. The Kier molecular flexibility index (Phi) is 3.49. The molecule has 1 aliphatic carbocycles. The second-order valence-corrected chi connectivity index (χ2v) is 5.53. The van der Waals surface area contributed by atoms with E-state index in [-0.39, 0.29) is 0 Å². The Morgan fingerprint density at radius 3 is 2.15 bits per heavy atom. The van der Waals surface area contributed by atoms with E-state index in [2.05, 4.69) is 19.1 Å². The van der Waals surface area contributed by atoms with E-state index in [1.54, 1.807) is 0 Å². The predicted molar refractivity (Wildman–Crippen MR) is 80.0 cm³/mol. The highest BCUT2D eigenvalue weighted by Crippen LogP contribution is 2.37. The third-order valence-electron chi connectivity index (χ3n) is 3.95. The lowest BCUT2D eigenvalue weighted by molar-refractivity contribution is 0.0482. The van der Waals surface area contributed by atoms with Crippen molar-refractivity contribution in [1.29, 1.82) is 0 Å². The summed E-state index contributed by atoms with van der Waals surface area (Å²) in [6.45, 7) is 2.82. The molecular formula is C18H20O2. The van der Waals surface area contributed by atoms with Crippen molar-refractivity contribution in [2.45, 2.75) is 31.8 Å². The fraction of sp³-hybridized carbons (Fsp3) is 0.333. The fourth-order valence-corrected chi connectivity index (χ4v) is 2.88. The average molecular weight is 268 g/mol. The maximum atomic E-state index is 10.9. The zero-order valence-corrected chi connectivity index (χ0v) is 11.8. The van der Waals surface area contributed by atoms with Crippen molar-refractivity contribution in [3.8, 4) is 5.75 Å². The van der Waals surface area contributed by atoms with E-state index in [4.69, 9.17) is 4.74 Å². The van der Waals surface area contributed by atoms with Gasteiger partial charge in [-0.05, 0) is 35.2 Å². The first-order valence-electron chi connectivity index (χ1n) is 7.24. The highest BCUT2D eigenvalue weighted by Gasteiger charge is 2.36. The van der Waals surface area contributed by atoms with Crippen molar-refractivity contribution in [3.05, 3.63) is 65.2 Å². The number of hydrogen-bond donors (Lipinski definition) is 1. The number of aliphatic hydroxyl groups is 1. The van der Waals surface area contributed by atoms with E-state index >= 15 is 0 Å². The molecule has 0 bridgehead atoms. The third-order valence-corrected chi connectivity index (χ3v) is 3.95. The fourth-order valence-electron chi connectivity index (χ4n) is 2.88. The summed E-state index contributed by atoms with van der Waals surface area (Å²) < 4.78 is 5.59. The highest BCUT2D eigenvalue weighted by atomic mass is 16.5. The second kappa shape index (κ2) is 5.29. The van der Waals surface area contributed by atoms with Crippen LogP contribution in [0.15, 0.2) is 48.5 Å². The Bertz CT molecular complexity index is 562. The van der Waals surface area contributed by atoms with E-state index in [0.29, 0.717) is 12.8 Å². The maximum Gasteiger partial charge on any atom is 0.119 e. The Morgan fingerprint density at radius 1 is 1.00 bits per heavy atom. The van der Waals surface area contributed by atoms with Crippen LogP contribution in [-0.2, 0) is 18.4 Å². The molecule has 2 heteroatoms. The molecule has 104 valence electrons. The van der Waals surface area contributed by atoms with E-state index in [1.165, 1.54) is 11.1 Å². The van der Waals surface area contributed by atoms with Crippen molar-refractivity contribution in [1.82, 2.24) is 0 Å². The largest absolute Gasteiger partial charge is 0.494 e. The van der Waals surface area contributed by atoms with Gasteiger partial charge >= 0.3 is 0 Å². The summed E-state index contributed by atoms with van der Waals surface area (Å²) in [5.41, 5.74) is 2.70. The van der Waals surface area contributed by atoms with Crippen LogP contribution in [0.1, 0.15) is 30.0 Å². The van der Waals surface area contributed by atoms with Gasteiger partial charge in [0.1, 0.15) is 5.75 Å². The molecule has 3 rings (SSSR count). The summed E-state index contributed by atoms with van der Waals surface area (Å²) in [5.74, 6) is 0.870. The zero-order chi connectivity index (χ0) is 14.0. The Hall–Kier alpha value is -1.80. The van der Waals surface area contributed by atoms with Crippen LogP contribution in [0.5, 0.6) is 5.75 Å². The van der Waals surface area contributed by atoms with Crippen LogP contribution in [0.3, 0.4) is 0 Å². The van der Waals surface area contributed by atoms with Crippen LogP contribution in [0, 0.1) is 0 Å². The molecule has 0 amide bonds. The molecule has 2 nitrogen and oxygen atoms in total. The molecule has 2 aromatic carbocycles. The number of ether oxygens (including phenoxy) is 1. The standard InChI is InChI=1S/C18H20O2/c1-2-11-20-17-9-7-16(8-10-17)18(19)12-14-5-3-4-6-15(14)13-18/h3-10,19H,2,11-13H2,1H3. The molecule has 0 unspecified atom stereocenters. The lowest BCUT2D eigenvalue weighted by Gasteiger charge is -2.23. The number of fused-ring (bicyclic) bond motifs is 1. The Labute approximate surface area is 120 Å². The second-order valence-electron chi connectivity index (χ2n) is 5.53. The lowest BCUT2D eigenvalue weighted by atomic mass is 9.91. The van der Waals surface area contributed by atoms with Crippen molar-refractivity contribution in [2.75, 3.05) is 6.61 Å². The number of rotatable bonds is 4. The Balaban J connectivity index is 1.80. The van der Waals surface area contributed by atoms with Crippen molar-refractivity contribution >= 4 is 0 Å². The summed E-state index contributed by atoms with van der Waals surface area (Å²) in [4.78, 5) is 0. The quantitative estimate of drug-likeness (QED) is 0.920. The first-order chi connectivity index (χ1) is 9.71. The van der Waals surface area contributed by atoms with Gasteiger partial charge in [0.05, 0.1) is 12.2 Å². The van der Waals surface area contributed by atoms with Crippen molar-refractivity contribution < 1.29 is 9.84 Å². The first kappa shape index (κ1) is 13.2. The van der Waals surface area contributed by atoms with Gasteiger partial charge in [-0.25, -0.2) is 0 Å². The van der Waals surface area contributed by atoms with Crippen LogP contribution >= 0.6 is 0 Å². The summed E-state index contributed by atoms with van der Waals surface area (Å²) in [5, 5.41) is 10.9. The number of benzene rings is 2. The SMILES string of the molecule is CCCOc1ccc(C2(O)Cc3ccccc3C2)cc1. The summed E-state index contributed by atoms with van der Waals surface area (Å²) in [6, 6.07) is 16.1. The van der Waals surface area contributed by atoms with E-state index in [1.807, 2.05) is 36.4 Å². The summed E-state index contributed by atoms with van der Waals surface area (Å²) in [6.07, 6.45) is 2.39. The molecule has 2 aromatic rings. The molecule has 0 aliphatic heterocycles. The van der Waals surface area contributed by atoms with Crippen LogP contribution < -0.4 is 4.74 Å². The highest BCUT2D eigenvalue weighted by molar-refractivity contribution is 5.41. The van der Waals surface area contributed by atoms with Gasteiger partial charge in [-0.3, -0.25) is 0 Å². The monoisotopic (exact) mass is 268 g/mol. The van der Waals surface area contributed by atoms with E-state index in [0.717, 1.165) is 24.3 Å². The van der Waals surface area contributed by atoms with Crippen LogP contribution in [0.25, 0.3) is 0 Å². The van der Waals surface area contributed by atoms with Crippen LogP contribution in [0.4, 0.5) is 0 Å². The molecule has 0 saturated heterocycles. The average Bonchev–Trinajstić information content (AvgIpc) is 2.83. The number of hydrogen-bond acceptors (Lipinski definition) is 2. The normalized spacial score (nSPS) is 15.9. The van der Waals surface area contributed by atoms with Gasteiger partial charge in [0.15, 0.2) is 0 Å². The minimum Gasteiger partial charge on any atom is -0.494 e. The summed E-state index contributed by atoms with van der Waals surface area (Å²) in [7, 11) is 0. The molecule has 1 N–H and O–H groups in total. The lowest BCUT2D eigenvalue weighted by Crippen LogP contribution is -2.25. The molecule has 0 heterocycles. The molecule has 0 saturated carbocycles. The molecule has 20 heavy (non-hydrogen) atoms. The van der Waals surface area contributed by atoms with Gasteiger partial charge in [-0.1, -0.05) is 43.3 Å². The smallest absolute Gasteiger partial charge is 0.119 e. The molecule has 0 fully saturated rings. The Morgan fingerprint density at radius 2 is 1.60 bits per heavy atom. The van der Waals surface area contributed by atoms with Gasteiger partial charge in [0.2, 0.25) is 0 Å². The van der Waals surface area contributed by atoms with Crippen LogP contribution in [0.2, 0.25) is 0 Å². The minimum absolute atomic E-state index is 0.693. The van der Waals surface area contributed by atoms with Crippen molar-refractivity contribution in [2.24, 2.45) is 0 Å². The molecule has 0 spiro atoms. The van der Waals surface area contributed by atoms with Gasteiger partial charge in [0.25, 0.3) is 0 Å². The molecule has 0 radical (unpaired) electrons. The maximum absolute atomic E-state index is 10.9. The van der Waals surface area contributed by atoms with E-state index < -0.39 is 5.60 Å². The van der Waals surface area contributed by atoms with Gasteiger partial charge < -0.3 is 9.84 Å². The van der Waals surface area contributed by atoms with Gasteiger partial charge in [-0.15, -0.1) is 0 Å². The zero-order valence-electron chi connectivity index (χ0n) is 11.8. The molecule has 0 atom stereocenters. The minimum atomic E-state index is -0.771. The third kappa shape index (κ3) is 2.44. The first-order valence-corrected chi connectivity index (χ1v) is 7.24. The van der Waals surface area contributed by atoms with Crippen LogP contribution in [-0.4, -0.2) is 11.7 Å².